The molecule has 0 aliphatic heterocycles. The van der Waals surface area contributed by atoms with Gasteiger partial charge in [0.05, 0.1) is 0 Å². The van der Waals surface area contributed by atoms with E-state index in [0.29, 0.717) is 17.2 Å². The maximum atomic E-state index is 11.8. The second-order valence-electron chi connectivity index (χ2n) is 4.14. The van der Waals surface area contributed by atoms with Crippen molar-refractivity contribution in [2.45, 2.75) is 39.3 Å². The summed E-state index contributed by atoms with van der Waals surface area (Å²) in [5.41, 5.74) is 0. The highest BCUT2D eigenvalue weighted by molar-refractivity contribution is 6.30. The van der Waals surface area contributed by atoms with E-state index in [1.54, 1.807) is 24.3 Å². The number of carbonyl (C=O) groups excluding carboxylic acids is 1. The summed E-state index contributed by atoms with van der Waals surface area (Å²) in [6, 6.07) is 7.16. The summed E-state index contributed by atoms with van der Waals surface area (Å²) in [6.45, 7) is 5.75. The first-order chi connectivity index (χ1) is 8.02. The third-order valence-corrected chi connectivity index (χ3v) is 2.40. The van der Waals surface area contributed by atoms with Crippen molar-refractivity contribution in [2.24, 2.45) is 0 Å². The summed E-state index contributed by atoms with van der Waals surface area (Å²) < 4.78 is 5.61. The Bertz CT molecular complexity index is 379. The maximum absolute atomic E-state index is 11.8. The fraction of sp³-hybridized carbons (Fsp3) is 0.462. The summed E-state index contributed by atoms with van der Waals surface area (Å²) >= 11 is 5.85. The van der Waals surface area contributed by atoms with E-state index in [9.17, 15) is 4.79 Å². The van der Waals surface area contributed by atoms with Gasteiger partial charge in [-0.25, -0.2) is 0 Å². The van der Waals surface area contributed by atoms with Gasteiger partial charge in [0.1, 0.15) is 5.75 Å². The van der Waals surface area contributed by atoms with Gasteiger partial charge in [0.15, 0.2) is 6.10 Å². The fourth-order valence-corrected chi connectivity index (χ4v) is 1.58. The minimum absolute atomic E-state index is 0.0949. The van der Waals surface area contributed by atoms with E-state index >= 15 is 0 Å². The molecule has 1 unspecified atom stereocenters. The van der Waals surface area contributed by atoms with E-state index in [1.807, 2.05) is 20.8 Å². The van der Waals surface area contributed by atoms with E-state index in [4.69, 9.17) is 16.3 Å². The highest BCUT2D eigenvalue weighted by Crippen LogP contribution is 2.19. The molecule has 0 aromatic heterocycles. The van der Waals surface area contributed by atoms with E-state index in [2.05, 4.69) is 5.32 Å². The third kappa shape index (κ3) is 4.65. The molecule has 1 aromatic rings. The first kappa shape index (κ1) is 13.8. The number of halogens is 1. The summed E-state index contributed by atoms with van der Waals surface area (Å²) in [5.74, 6) is 0.519. The highest BCUT2D eigenvalue weighted by atomic mass is 35.5. The average Bonchev–Trinajstić information content (AvgIpc) is 2.24. The van der Waals surface area contributed by atoms with Crippen molar-refractivity contribution >= 4 is 17.5 Å². The summed E-state index contributed by atoms with van der Waals surface area (Å²) in [7, 11) is 0. The maximum Gasteiger partial charge on any atom is 0.261 e. The molecule has 0 fully saturated rings. The van der Waals surface area contributed by atoms with E-state index in [0.717, 1.165) is 0 Å². The van der Waals surface area contributed by atoms with Crippen molar-refractivity contribution in [2.75, 3.05) is 0 Å². The molecule has 0 radical (unpaired) electrons. The summed E-state index contributed by atoms with van der Waals surface area (Å²) in [4.78, 5) is 11.8. The number of rotatable bonds is 5. The fourth-order valence-electron chi connectivity index (χ4n) is 1.40. The molecule has 0 heterocycles. The summed E-state index contributed by atoms with van der Waals surface area (Å²) in [5, 5.41) is 3.43. The van der Waals surface area contributed by atoms with Crippen molar-refractivity contribution in [3.8, 4) is 5.75 Å². The molecule has 1 N–H and O–H groups in total. The molecular weight excluding hydrogens is 238 g/mol. The second-order valence-corrected chi connectivity index (χ2v) is 4.57. The lowest BCUT2D eigenvalue weighted by Gasteiger charge is -2.18. The van der Waals surface area contributed by atoms with Gasteiger partial charge in [0, 0.05) is 11.1 Å². The van der Waals surface area contributed by atoms with Crippen LogP contribution in [0.2, 0.25) is 5.02 Å². The Morgan fingerprint density at radius 2 is 2.18 bits per heavy atom. The highest BCUT2D eigenvalue weighted by Gasteiger charge is 2.18. The number of hydrogen-bond donors (Lipinski definition) is 1. The minimum Gasteiger partial charge on any atom is -0.481 e. The van der Waals surface area contributed by atoms with Crippen LogP contribution in [0.15, 0.2) is 24.3 Å². The van der Waals surface area contributed by atoms with Crippen LogP contribution in [-0.2, 0) is 4.79 Å². The van der Waals surface area contributed by atoms with E-state index in [1.165, 1.54) is 0 Å². The van der Waals surface area contributed by atoms with Crippen molar-refractivity contribution < 1.29 is 9.53 Å². The molecule has 0 aliphatic carbocycles. The smallest absolute Gasteiger partial charge is 0.261 e. The minimum atomic E-state index is -0.476. The zero-order valence-corrected chi connectivity index (χ0v) is 11.1. The van der Waals surface area contributed by atoms with Crippen LogP contribution in [0.5, 0.6) is 5.75 Å². The molecule has 0 saturated carbocycles. The summed E-state index contributed by atoms with van der Waals surface area (Å²) in [6.07, 6.45) is 0.140. The molecule has 94 valence electrons. The average molecular weight is 256 g/mol. The quantitative estimate of drug-likeness (QED) is 0.878. The van der Waals surface area contributed by atoms with Crippen molar-refractivity contribution in [1.82, 2.24) is 5.32 Å². The number of hydrogen-bond acceptors (Lipinski definition) is 2. The monoisotopic (exact) mass is 255 g/mol. The van der Waals surface area contributed by atoms with E-state index < -0.39 is 6.10 Å². The normalized spacial score (nSPS) is 12.3. The number of carbonyl (C=O) groups is 1. The zero-order chi connectivity index (χ0) is 12.8. The molecule has 4 heteroatoms. The first-order valence-corrected chi connectivity index (χ1v) is 6.13. The lowest BCUT2D eigenvalue weighted by Crippen LogP contribution is -2.41. The molecule has 0 saturated heterocycles. The van der Waals surface area contributed by atoms with Crippen LogP contribution in [0.4, 0.5) is 0 Å². The standard InChI is InChI=1S/C13H18ClNO2/c1-4-12(13(16)15-9(2)3)17-11-7-5-6-10(14)8-11/h5-9,12H,4H2,1-3H3,(H,15,16). The van der Waals surface area contributed by atoms with Gasteiger partial charge in [-0.3, -0.25) is 4.79 Å². The van der Waals surface area contributed by atoms with Crippen LogP contribution in [0.25, 0.3) is 0 Å². The molecule has 1 amide bonds. The van der Waals surface area contributed by atoms with E-state index in [-0.39, 0.29) is 11.9 Å². The molecule has 17 heavy (non-hydrogen) atoms. The van der Waals surface area contributed by atoms with Crippen molar-refractivity contribution in [1.29, 1.82) is 0 Å². The Balaban J connectivity index is 2.66. The molecule has 0 spiro atoms. The number of benzene rings is 1. The van der Waals surface area contributed by atoms with Crippen LogP contribution in [0.3, 0.4) is 0 Å². The predicted octanol–water partition coefficient (Wildman–Crippen LogP) is 3.02. The largest absolute Gasteiger partial charge is 0.481 e. The number of amides is 1. The van der Waals surface area contributed by atoms with Gasteiger partial charge in [-0.05, 0) is 38.5 Å². The van der Waals surface area contributed by atoms with Crippen LogP contribution in [-0.4, -0.2) is 18.1 Å². The van der Waals surface area contributed by atoms with Crippen molar-refractivity contribution in [3.05, 3.63) is 29.3 Å². The predicted molar refractivity (Wildman–Crippen MR) is 69.4 cm³/mol. The Morgan fingerprint density at radius 3 is 2.71 bits per heavy atom. The van der Waals surface area contributed by atoms with Gasteiger partial charge < -0.3 is 10.1 Å². The lowest BCUT2D eigenvalue weighted by molar-refractivity contribution is -0.128. The molecular formula is C13H18ClNO2. The molecule has 1 aromatic carbocycles. The lowest BCUT2D eigenvalue weighted by atomic mass is 10.2. The molecule has 0 bridgehead atoms. The van der Waals surface area contributed by atoms with Crippen LogP contribution in [0.1, 0.15) is 27.2 Å². The van der Waals surface area contributed by atoms with Gasteiger partial charge in [-0.1, -0.05) is 24.6 Å². The number of nitrogens with one attached hydrogen (secondary N) is 1. The second kappa shape index (κ2) is 6.50. The van der Waals surface area contributed by atoms with Crippen molar-refractivity contribution in [3.63, 3.8) is 0 Å². The Labute approximate surface area is 107 Å². The van der Waals surface area contributed by atoms with Crippen LogP contribution < -0.4 is 10.1 Å². The van der Waals surface area contributed by atoms with Crippen LogP contribution >= 0.6 is 11.6 Å². The Hall–Kier alpha value is -1.22. The van der Waals surface area contributed by atoms with Gasteiger partial charge >= 0.3 is 0 Å². The third-order valence-electron chi connectivity index (χ3n) is 2.17. The number of ether oxygens (including phenoxy) is 1. The first-order valence-electron chi connectivity index (χ1n) is 5.75. The van der Waals surface area contributed by atoms with Gasteiger partial charge in [0.2, 0.25) is 0 Å². The molecule has 1 rings (SSSR count). The Kier molecular flexibility index (Phi) is 5.29. The van der Waals surface area contributed by atoms with Crippen LogP contribution in [0, 0.1) is 0 Å². The SMILES string of the molecule is CCC(Oc1cccc(Cl)c1)C(=O)NC(C)C. The molecule has 0 aliphatic rings. The van der Waals surface area contributed by atoms with Gasteiger partial charge in [-0.2, -0.15) is 0 Å². The molecule has 3 nitrogen and oxygen atoms in total. The Morgan fingerprint density at radius 1 is 1.47 bits per heavy atom. The zero-order valence-electron chi connectivity index (χ0n) is 10.4. The topological polar surface area (TPSA) is 38.3 Å². The van der Waals surface area contributed by atoms with Gasteiger partial charge in [0.25, 0.3) is 5.91 Å². The molecule has 1 atom stereocenters. The van der Waals surface area contributed by atoms with Gasteiger partial charge in [-0.15, -0.1) is 0 Å².